The van der Waals surface area contributed by atoms with Gasteiger partial charge in [-0.3, -0.25) is 4.79 Å². The number of benzene rings is 1. The van der Waals surface area contributed by atoms with Crippen LogP contribution in [0, 0.1) is 3.57 Å². The lowest BCUT2D eigenvalue weighted by atomic mass is 10.0. The van der Waals surface area contributed by atoms with Gasteiger partial charge in [0.25, 0.3) is 5.91 Å². The molecule has 0 heterocycles. The van der Waals surface area contributed by atoms with Gasteiger partial charge < -0.3 is 16.3 Å². The van der Waals surface area contributed by atoms with E-state index >= 15 is 0 Å². The van der Waals surface area contributed by atoms with Crippen molar-refractivity contribution < 1.29 is 10.0 Å². The number of hydrogen-bond donors (Lipinski definition) is 3. The van der Waals surface area contributed by atoms with Gasteiger partial charge in [-0.25, -0.2) is 0 Å². The summed E-state index contributed by atoms with van der Waals surface area (Å²) in [6, 6.07) is 7.16. The Balaban J connectivity index is 2.87. The summed E-state index contributed by atoms with van der Waals surface area (Å²) in [7, 11) is 0. The standard InChI is InChI=1S/C11H14IN3O2/c1-11(2,10(13)15-17)14-9(16)7-4-3-5-8(12)6-7/h3-6,17H,1-2H3,(H2,13,15)(H,14,16). The monoisotopic (exact) mass is 347 g/mol. The van der Waals surface area contributed by atoms with E-state index in [1.165, 1.54) is 0 Å². The first-order valence-electron chi connectivity index (χ1n) is 4.93. The Kier molecular flexibility index (Phi) is 4.33. The molecule has 0 aliphatic rings. The van der Waals surface area contributed by atoms with Crippen LogP contribution >= 0.6 is 22.6 Å². The third-order valence-electron chi connectivity index (χ3n) is 2.26. The van der Waals surface area contributed by atoms with Crippen molar-refractivity contribution in [2.45, 2.75) is 19.4 Å². The van der Waals surface area contributed by atoms with Crippen LogP contribution in [-0.2, 0) is 0 Å². The van der Waals surface area contributed by atoms with E-state index in [9.17, 15) is 4.79 Å². The van der Waals surface area contributed by atoms with E-state index < -0.39 is 5.54 Å². The number of amides is 1. The molecule has 0 saturated carbocycles. The number of halogens is 1. The topological polar surface area (TPSA) is 87.7 Å². The number of amidine groups is 1. The Morgan fingerprint density at radius 1 is 1.53 bits per heavy atom. The van der Waals surface area contributed by atoms with Gasteiger partial charge in [0, 0.05) is 9.13 Å². The van der Waals surface area contributed by atoms with Crippen LogP contribution < -0.4 is 11.1 Å². The molecule has 4 N–H and O–H groups in total. The van der Waals surface area contributed by atoms with E-state index in [0.29, 0.717) is 5.56 Å². The third kappa shape index (κ3) is 3.58. The fourth-order valence-electron chi connectivity index (χ4n) is 1.17. The Bertz CT molecular complexity index is 458. The normalized spacial score (nSPS) is 12.3. The van der Waals surface area contributed by atoms with Crippen LogP contribution in [0.25, 0.3) is 0 Å². The second-order valence-electron chi connectivity index (χ2n) is 4.07. The van der Waals surface area contributed by atoms with Gasteiger partial charge in [0.2, 0.25) is 0 Å². The second-order valence-corrected chi connectivity index (χ2v) is 5.32. The van der Waals surface area contributed by atoms with Gasteiger partial charge in [0.05, 0.1) is 5.54 Å². The minimum Gasteiger partial charge on any atom is -0.409 e. The first-order chi connectivity index (χ1) is 7.86. The minimum absolute atomic E-state index is 0.0449. The van der Waals surface area contributed by atoms with Gasteiger partial charge in [-0.1, -0.05) is 11.2 Å². The van der Waals surface area contributed by atoms with Gasteiger partial charge in [-0.2, -0.15) is 0 Å². The molecule has 0 bridgehead atoms. The molecule has 0 radical (unpaired) electrons. The molecule has 0 atom stereocenters. The zero-order valence-electron chi connectivity index (χ0n) is 9.57. The number of nitrogens with two attached hydrogens (primary N) is 1. The summed E-state index contributed by atoms with van der Waals surface area (Å²) in [5, 5.41) is 14.2. The molecule has 0 unspecified atom stereocenters. The molecule has 17 heavy (non-hydrogen) atoms. The largest absolute Gasteiger partial charge is 0.409 e. The van der Waals surface area contributed by atoms with Crippen molar-refractivity contribution >= 4 is 34.3 Å². The molecule has 1 aromatic carbocycles. The molecule has 92 valence electrons. The Morgan fingerprint density at radius 2 is 2.18 bits per heavy atom. The van der Waals surface area contributed by atoms with E-state index in [0.717, 1.165) is 3.57 Å². The first-order valence-corrected chi connectivity index (χ1v) is 6.01. The fraction of sp³-hybridized carbons (Fsp3) is 0.273. The van der Waals surface area contributed by atoms with Crippen LogP contribution in [0.5, 0.6) is 0 Å². The predicted molar refractivity (Wildman–Crippen MR) is 74.1 cm³/mol. The highest BCUT2D eigenvalue weighted by molar-refractivity contribution is 14.1. The van der Waals surface area contributed by atoms with E-state index in [4.69, 9.17) is 10.9 Å². The Morgan fingerprint density at radius 3 is 2.71 bits per heavy atom. The summed E-state index contributed by atoms with van der Waals surface area (Å²) in [4.78, 5) is 11.9. The van der Waals surface area contributed by atoms with Gasteiger partial charge in [-0.05, 0) is 54.6 Å². The number of hydrogen-bond acceptors (Lipinski definition) is 3. The van der Waals surface area contributed by atoms with Crippen molar-refractivity contribution in [2.24, 2.45) is 10.9 Å². The molecule has 0 fully saturated rings. The van der Waals surface area contributed by atoms with Crippen LogP contribution in [-0.4, -0.2) is 22.5 Å². The predicted octanol–water partition coefficient (Wildman–Crippen LogP) is 1.55. The van der Waals surface area contributed by atoms with Crippen LogP contribution in [0.15, 0.2) is 29.4 Å². The van der Waals surface area contributed by atoms with E-state index in [1.54, 1.807) is 32.0 Å². The number of nitrogens with one attached hydrogen (secondary N) is 1. The van der Waals surface area contributed by atoms with Gasteiger partial charge in [0.15, 0.2) is 5.84 Å². The first kappa shape index (κ1) is 13.8. The van der Waals surface area contributed by atoms with Crippen molar-refractivity contribution in [3.8, 4) is 0 Å². The summed E-state index contributed by atoms with van der Waals surface area (Å²) in [6.07, 6.45) is 0. The number of oxime groups is 1. The highest BCUT2D eigenvalue weighted by Gasteiger charge is 2.26. The quantitative estimate of drug-likeness (QED) is 0.255. The lowest BCUT2D eigenvalue weighted by Crippen LogP contribution is -2.53. The van der Waals surface area contributed by atoms with E-state index in [2.05, 4.69) is 33.1 Å². The molecule has 5 nitrogen and oxygen atoms in total. The average Bonchev–Trinajstić information content (AvgIpc) is 2.27. The average molecular weight is 347 g/mol. The lowest BCUT2D eigenvalue weighted by molar-refractivity contribution is 0.0931. The molecule has 1 aromatic rings. The molecule has 1 amide bonds. The van der Waals surface area contributed by atoms with Crippen molar-refractivity contribution in [2.75, 3.05) is 0 Å². The minimum atomic E-state index is -0.896. The second kappa shape index (κ2) is 5.35. The number of nitrogens with zero attached hydrogens (tertiary/aromatic N) is 1. The summed E-state index contributed by atoms with van der Waals surface area (Å²) in [5.41, 5.74) is 5.13. The summed E-state index contributed by atoms with van der Waals surface area (Å²) in [5.74, 6) is -0.309. The van der Waals surface area contributed by atoms with Crippen molar-refractivity contribution in [1.82, 2.24) is 5.32 Å². The molecule has 0 spiro atoms. The highest BCUT2D eigenvalue weighted by atomic mass is 127. The van der Waals surface area contributed by atoms with Crippen molar-refractivity contribution in [1.29, 1.82) is 0 Å². The molecule has 0 aliphatic heterocycles. The van der Waals surface area contributed by atoms with Crippen LogP contribution in [0.4, 0.5) is 0 Å². The third-order valence-corrected chi connectivity index (χ3v) is 2.93. The molecule has 1 rings (SSSR count). The molecular formula is C11H14IN3O2. The summed E-state index contributed by atoms with van der Waals surface area (Å²) in [6.45, 7) is 3.32. The Labute approximate surface area is 113 Å². The van der Waals surface area contributed by atoms with E-state index in [-0.39, 0.29) is 11.7 Å². The highest BCUT2D eigenvalue weighted by Crippen LogP contribution is 2.10. The fourth-order valence-corrected chi connectivity index (χ4v) is 1.72. The smallest absolute Gasteiger partial charge is 0.252 e. The molecule has 6 heteroatoms. The SMILES string of the molecule is CC(C)(NC(=O)c1cccc(I)c1)/C(N)=N/O. The van der Waals surface area contributed by atoms with Crippen LogP contribution in [0.1, 0.15) is 24.2 Å². The van der Waals surface area contributed by atoms with Crippen molar-refractivity contribution in [3.05, 3.63) is 33.4 Å². The van der Waals surface area contributed by atoms with Gasteiger partial charge in [-0.15, -0.1) is 0 Å². The van der Waals surface area contributed by atoms with E-state index in [1.807, 2.05) is 6.07 Å². The van der Waals surface area contributed by atoms with Gasteiger partial charge >= 0.3 is 0 Å². The lowest BCUT2D eigenvalue weighted by Gasteiger charge is -2.24. The number of carbonyl (C=O) groups excluding carboxylic acids is 1. The molecule has 0 saturated heterocycles. The maximum absolute atomic E-state index is 11.9. The number of rotatable bonds is 3. The Hall–Kier alpha value is -1.31. The summed E-state index contributed by atoms with van der Waals surface area (Å²) < 4.78 is 0.969. The van der Waals surface area contributed by atoms with Crippen LogP contribution in [0.2, 0.25) is 0 Å². The summed E-state index contributed by atoms with van der Waals surface area (Å²) >= 11 is 2.13. The number of carbonyl (C=O) groups is 1. The zero-order valence-corrected chi connectivity index (χ0v) is 11.7. The molecular weight excluding hydrogens is 333 g/mol. The maximum Gasteiger partial charge on any atom is 0.252 e. The maximum atomic E-state index is 11.9. The van der Waals surface area contributed by atoms with Crippen LogP contribution in [0.3, 0.4) is 0 Å². The molecule has 0 aromatic heterocycles. The molecule has 0 aliphatic carbocycles. The zero-order chi connectivity index (χ0) is 13.1. The van der Waals surface area contributed by atoms with Gasteiger partial charge in [0.1, 0.15) is 0 Å². The van der Waals surface area contributed by atoms with Crippen molar-refractivity contribution in [3.63, 3.8) is 0 Å².